The number of carbonyl (C=O) groups is 1. The summed E-state index contributed by atoms with van der Waals surface area (Å²) in [5.74, 6) is 2.07. The van der Waals surface area contributed by atoms with Crippen LogP contribution in [0.25, 0.3) is 0 Å². The number of hydrogen-bond donors (Lipinski definition) is 1. The first-order chi connectivity index (χ1) is 13.6. The highest BCUT2D eigenvalue weighted by Gasteiger charge is 2.21. The minimum Gasteiger partial charge on any atom is -0.495 e. The number of methoxy groups -OCH3 is 1. The average Bonchev–Trinajstić information content (AvgIpc) is 3.09. The van der Waals surface area contributed by atoms with Crippen LogP contribution < -0.4 is 15.0 Å². The maximum Gasteiger partial charge on any atom is 0.234 e. The van der Waals surface area contributed by atoms with Crippen LogP contribution in [0.15, 0.2) is 29.4 Å². The number of hydrogen-bond acceptors (Lipinski definition) is 7. The van der Waals surface area contributed by atoms with E-state index in [0.717, 1.165) is 30.7 Å². The number of morpholine rings is 1. The number of benzene rings is 1. The molecule has 28 heavy (non-hydrogen) atoms. The van der Waals surface area contributed by atoms with Crippen molar-refractivity contribution in [3.05, 3.63) is 24.3 Å². The van der Waals surface area contributed by atoms with E-state index in [1.165, 1.54) is 11.8 Å². The van der Waals surface area contributed by atoms with Crippen molar-refractivity contribution in [2.75, 3.05) is 49.4 Å². The normalized spacial score (nSPS) is 14.4. The van der Waals surface area contributed by atoms with Gasteiger partial charge in [-0.1, -0.05) is 37.7 Å². The molecule has 0 saturated carbocycles. The first-order valence-corrected chi connectivity index (χ1v) is 10.4. The second-order valence-corrected chi connectivity index (χ2v) is 7.87. The Morgan fingerprint density at radius 1 is 1.29 bits per heavy atom. The molecular weight excluding hydrogens is 378 g/mol. The van der Waals surface area contributed by atoms with E-state index in [9.17, 15) is 4.79 Å². The predicted octanol–water partition coefficient (Wildman–Crippen LogP) is 2.51. The fraction of sp³-hybridized carbons (Fsp3) is 0.526. The molecule has 0 radical (unpaired) electrons. The van der Waals surface area contributed by atoms with Gasteiger partial charge in [0, 0.05) is 19.6 Å². The number of rotatable bonds is 8. The van der Waals surface area contributed by atoms with Gasteiger partial charge in [-0.05, 0) is 18.1 Å². The van der Waals surface area contributed by atoms with Crippen LogP contribution in [0, 0.1) is 5.92 Å². The van der Waals surface area contributed by atoms with Gasteiger partial charge in [0.1, 0.15) is 5.75 Å². The van der Waals surface area contributed by atoms with E-state index in [2.05, 4.69) is 38.8 Å². The smallest absolute Gasteiger partial charge is 0.234 e. The molecule has 1 aliphatic rings. The molecule has 1 aromatic heterocycles. The lowest BCUT2D eigenvalue weighted by Crippen LogP contribution is -2.38. The number of aromatic nitrogens is 3. The van der Waals surface area contributed by atoms with Crippen molar-refractivity contribution < 1.29 is 14.3 Å². The molecule has 0 aliphatic carbocycles. The van der Waals surface area contributed by atoms with Crippen LogP contribution in [0.4, 0.5) is 11.6 Å². The van der Waals surface area contributed by atoms with Gasteiger partial charge >= 0.3 is 0 Å². The summed E-state index contributed by atoms with van der Waals surface area (Å²) in [4.78, 5) is 14.6. The largest absolute Gasteiger partial charge is 0.495 e. The molecule has 1 saturated heterocycles. The van der Waals surface area contributed by atoms with Gasteiger partial charge in [-0.15, -0.1) is 10.2 Å². The van der Waals surface area contributed by atoms with Gasteiger partial charge in [-0.2, -0.15) is 0 Å². The molecular formula is C19H27N5O3S. The van der Waals surface area contributed by atoms with Crippen molar-refractivity contribution in [2.45, 2.75) is 25.5 Å². The lowest BCUT2D eigenvalue weighted by molar-refractivity contribution is -0.113. The molecule has 1 amide bonds. The molecule has 0 atom stereocenters. The number of ether oxygens (including phenoxy) is 2. The molecule has 3 rings (SSSR count). The Hall–Kier alpha value is -2.26. The first-order valence-electron chi connectivity index (χ1n) is 9.40. The minimum absolute atomic E-state index is 0.110. The number of anilines is 2. The molecule has 2 heterocycles. The second kappa shape index (κ2) is 9.79. The van der Waals surface area contributed by atoms with Gasteiger partial charge in [0.05, 0.1) is 31.8 Å². The van der Waals surface area contributed by atoms with E-state index < -0.39 is 0 Å². The summed E-state index contributed by atoms with van der Waals surface area (Å²) in [6.07, 6.45) is 0. The van der Waals surface area contributed by atoms with Crippen LogP contribution in [-0.2, 0) is 16.1 Å². The van der Waals surface area contributed by atoms with Crippen LogP contribution in [0.2, 0.25) is 0 Å². The molecule has 1 aliphatic heterocycles. The van der Waals surface area contributed by atoms with E-state index in [4.69, 9.17) is 9.47 Å². The Balaban J connectivity index is 1.67. The lowest BCUT2D eigenvalue weighted by atomic mass is 10.2. The lowest BCUT2D eigenvalue weighted by Gasteiger charge is -2.28. The van der Waals surface area contributed by atoms with Crippen molar-refractivity contribution in [2.24, 2.45) is 5.92 Å². The van der Waals surface area contributed by atoms with Gasteiger partial charge in [-0.25, -0.2) is 0 Å². The maximum absolute atomic E-state index is 12.4. The third-order valence-corrected chi connectivity index (χ3v) is 5.22. The number of para-hydroxylation sites is 2. The van der Waals surface area contributed by atoms with Gasteiger partial charge < -0.3 is 19.7 Å². The number of carbonyl (C=O) groups excluding carboxylic acids is 1. The van der Waals surface area contributed by atoms with Crippen LogP contribution >= 0.6 is 11.8 Å². The average molecular weight is 406 g/mol. The Bertz CT molecular complexity index is 790. The van der Waals surface area contributed by atoms with Crippen molar-refractivity contribution in [1.82, 2.24) is 14.8 Å². The maximum atomic E-state index is 12.4. The Morgan fingerprint density at radius 3 is 2.75 bits per heavy atom. The summed E-state index contributed by atoms with van der Waals surface area (Å²) in [7, 11) is 1.58. The van der Waals surface area contributed by atoms with Crippen LogP contribution in [0.3, 0.4) is 0 Å². The number of amides is 1. The molecule has 152 valence electrons. The summed E-state index contributed by atoms with van der Waals surface area (Å²) in [6.45, 7) is 8.11. The Morgan fingerprint density at radius 2 is 2.04 bits per heavy atom. The summed E-state index contributed by atoms with van der Waals surface area (Å²) in [6, 6.07) is 7.36. The highest BCUT2D eigenvalue weighted by molar-refractivity contribution is 7.99. The summed E-state index contributed by atoms with van der Waals surface area (Å²) < 4.78 is 12.8. The van der Waals surface area contributed by atoms with E-state index in [1.54, 1.807) is 7.11 Å². The Labute approximate surface area is 169 Å². The Kier molecular flexibility index (Phi) is 7.16. The molecule has 0 spiro atoms. The first kappa shape index (κ1) is 20.5. The van der Waals surface area contributed by atoms with Crippen LogP contribution in [0.1, 0.15) is 13.8 Å². The fourth-order valence-corrected chi connectivity index (χ4v) is 3.72. The molecule has 2 aromatic rings. The van der Waals surface area contributed by atoms with Crippen molar-refractivity contribution in [1.29, 1.82) is 0 Å². The topological polar surface area (TPSA) is 81.5 Å². The van der Waals surface area contributed by atoms with E-state index in [-0.39, 0.29) is 11.7 Å². The zero-order valence-corrected chi connectivity index (χ0v) is 17.4. The number of thioether (sulfide) groups is 1. The number of nitrogens with zero attached hydrogens (tertiary/aromatic N) is 4. The summed E-state index contributed by atoms with van der Waals surface area (Å²) in [5.41, 5.74) is 0.660. The van der Waals surface area contributed by atoms with Crippen molar-refractivity contribution in [3.63, 3.8) is 0 Å². The molecule has 9 heteroatoms. The molecule has 8 nitrogen and oxygen atoms in total. The minimum atomic E-state index is -0.110. The van der Waals surface area contributed by atoms with E-state index in [0.29, 0.717) is 30.6 Å². The third-order valence-electron chi connectivity index (χ3n) is 4.25. The van der Waals surface area contributed by atoms with Gasteiger partial charge in [0.2, 0.25) is 11.9 Å². The predicted molar refractivity (Wildman–Crippen MR) is 110 cm³/mol. The van der Waals surface area contributed by atoms with Gasteiger partial charge in [-0.3, -0.25) is 9.36 Å². The fourth-order valence-electron chi connectivity index (χ4n) is 2.97. The van der Waals surface area contributed by atoms with Crippen molar-refractivity contribution in [3.8, 4) is 5.75 Å². The standard InChI is InChI=1S/C19H27N5O3S/c1-14(2)12-24-18(23-8-10-27-11-9-23)21-22-19(24)28-13-17(25)20-15-6-4-5-7-16(15)26-3/h4-7,14H,8-13H2,1-3H3,(H,20,25). The van der Waals surface area contributed by atoms with Gasteiger partial charge in [0.15, 0.2) is 5.16 Å². The summed E-state index contributed by atoms with van der Waals surface area (Å²) in [5, 5.41) is 12.4. The number of nitrogens with one attached hydrogen (secondary N) is 1. The highest BCUT2D eigenvalue weighted by Crippen LogP contribution is 2.26. The molecule has 0 unspecified atom stereocenters. The van der Waals surface area contributed by atoms with E-state index in [1.807, 2.05) is 24.3 Å². The second-order valence-electron chi connectivity index (χ2n) is 6.92. The SMILES string of the molecule is COc1ccccc1NC(=O)CSc1nnc(N2CCOCC2)n1CC(C)C. The molecule has 1 N–H and O–H groups in total. The van der Waals surface area contributed by atoms with Crippen LogP contribution in [0.5, 0.6) is 5.75 Å². The van der Waals surface area contributed by atoms with E-state index >= 15 is 0 Å². The van der Waals surface area contributed by atoms with Crippen molar-refractivity contribution >= 4 is 29.3 Å². The molecule has 0 bridgehead atoms. The third kappa shape index (κ3) is 5.17. The van der Waals surface area contributed by atoms with Crippen LogP contribution in [-0.4, -0.2) is 59.8 Å². The van der Waals surface area contributed by atoms with Gasteiger partial charge in [0.25, 0.3) is 0 Å². The zero-order chi connectivity index (χ0) is 19.9. The quantitative estimate of drug-likeness (QED) is 0.676. The zero-order valence-electron chi connectivity index (χ0n) is 16.6. The monoisotopic (exact) mass is 405 g/mol. The molecule has 1 aromatic carbocycles. The molecule has 1 fully saturated rings. The summed E-state index contributed by atoms with van der Waals surface area (Å²) >= 11 is 1.39. The highest BCUT2D eigenvalue weighted by atomic mass is 32.2.